The molecule has 10 nitrogen and oxygen atoms in total. The lowest BCUT2D eigenvalue weighted by Gasteiger charge is -2.05. The fourth-order valence-corrected chi connectivity index (χ4v) is 1.82. The van der Waals surface area contributed by atoms with Gasteiger partial charge in [-0.25, -0.2) is 9.48 Å². The van der Waals surface area contributed by atoms with Crippen molar-refractivity contribution in [3.05, 3.63) is 29.8 Å². The summed E-state index contributed by atoms with van der Waals surface area (Å²) in [7, 11) is 0. The molecule has 4 N–H and O–H groups in total. The number of carbonyl (C=O) groups is 3. The normalized spacial score (nSPS) is 10.4. The van der Waals surface area contributed by atoms with Gasteiger partial charge < -0.3 is 16.2 Å². The Morgan fingerprint density at radius 2 is 2.14 bits per heavy atom. The van der Waals surface area contributed by atoms with Crippen molar-refractivity contribution in [2.45, 2.75) is 20.0 Å². The number of nitrogens with two attached hydrogens (primary N) is 1. The second-order valence-corrected chi connectivity index (χ2v) is 4.34. The van der Waals surface area contributed by atoms with Crippen LogP contribution in [0.5, 0.6) is 0 Å². The molecule has 0 spiro atoms. The Balaban J connectivity index is 2.15. The highest BCUT2D eigenvalue weighted by molar-refractivity contribution is 6.01. The number of aromatic carboxylic acids is 1. The van der Waals surface area contributed by atoms with E-state index in [0.717, 1.165) is 4.68 Å². The summed E-state index contributed by atoms with van der Waals surface area (Å²) in [5.74, 6) is -2.51. The molecule has 0 unspecified atom stereocenters. The average molecular weight is 306 g/mol. The van der Waals surface area contributed by atoms with Crippen molar-refractivity contribution >= 4 is 23.5 Å². The summed E-state index contributed by atoms with van der Waals surface area (Å²) in [6.45, 7) is 1.99. The van der Waals surface area contributed by atoms with Gasteiger partial charge >= 0.3 is 5.97 Å². The molecule has 2 aromatic heterocycles. The van der Waals surface area contributed by atoms with Crippen LogP contribution in [0.2, 0.25) is 0 Å². The molecule has 0 fully saturated rings. The van der Waals surface area contributed by atoms with E-state index >= 15 is 0 Å². The maximum atomic E-state index is 12.0. The predicted octanol–water partition coefficient (Wildman–Crippen LogP) is -0.465. The summed E-state index contributed by atoms with van der Waals surface area (Å²) >= 11 is 0. The second-order valence-electron chi connectivity index (χ2n) is 4.34. The van der Waals surface area contributed by atoms with Crippen molar-refractivity contribution in [3.63, 3.8) is 0 Å². The van der Waals surface area contributed by atoms with E-state index in [4.69, 9.17) is 10.8 Å². The van der Waals surface area contributed by atoms with Crippen molar-refractivity contribution in [2.24, 2.45) is 5.73 Å². The average Bonchev–Trinajstić information content (AvgIpc) is 3.05. The summed E-state index contributed by atoms with van der Waals surface area (Å²) < 4.78 is 2.48. The van der Waals surface area contributed by atoms with Crippen molar-refractivity contribution in [1.29, 1.82) is 0 Å². The van der Waals surface area contributed by atoms with Crippen LogP contribution in [0.1, 0.15) is 27.9 Å². The Bertz CT molecular complexity index is 732. The molecule has 0 aliphatic carbocycles. The van der Waals surface area contributed by atoms with Crippen molar-refractivity contribution in [2.75, 3.05) is 5.32 Å². The first-order valence-electron chi connectivity index (χ1n) is 6.34. The molecule has 0 aromatic carbocycles. The van der Waals surface area contributed by atoms with Crippen molar-refractivity contribution in [3.8, 4) is 0 Å². The molecule has 0 bridgehead atoms. The number of carboxylic acids is 1. The van der Waals surface area contributed by atoms with E-state index in [-0.39, 0.29) is 23.6 Å². The van der Waals surface area contributed by atoms with Crippen LogP contribution >= 0.6 is 0 Å². The first-order valence-corrected chi connectivity index (χ1v) is 6.34. The van der Waals surface area contributed by atoms with E-state index in [1.165, 1.54) is 23.1 Å². The van der Waals surface area contributed by atoms with E-state index in [2.05, 4.69) is 15.5 Å². The Morgan fingerprint density at radius 3 is 2.73 bits per heavy atom. The molecule has 10 heteroatoms. The lowest BCUT2D eigenvalue weighted by Crippen LogP contribution is -2.23. The van der Waals surface area contributed by atoms with Crippen molar-refractivity contribution < 1.29 is 19.5 Å². The Labute approximate surface area is 124 Å². The summed E-state index contributed by atoms with van der Waals surface area (Å²) in [6, 6.07) is 1.28. The van der Waals surface area contributed by atoms with E-state index in [1.807, 2.05) is 6.92 Å². The van der Waals surface area contributed by atoms with Crippen LogP contribution in [0.15, 0.2) is 18.5 Å². The number of hydrogen-bond donors (Lipinski definition) is 3. The topological polar surface area (TPSA) is 145 Å². The lowest BCUT2D eigenvalue weighted by molar-refractivity contribution is -0.116. The molecule has 0 saturated heterocycles. The fraction of sp³-hybridized carbons (Fsp3) is 0.250. The van der Waals surface area contributed by atoms with Crippen LogP contribution in [0.3, 0.4) is 0 Å². The molecule has 0 radical (unpaired) electrons. The van der Waals surface area contributed by atoms with E-state index in [0.29, 0.717) is 6.54 Å². The van der Waals surface area contributed by atoms with E-state index < -0.39 is 17.8 Å². The van der Waals surface area contributed by atoms with Crippen LogP contribution in [-0.4, -0.2) is 42.5 Å². The van der Waals surface area contributed by atoms with Gasteiger partial charge in [0, 0.05) is 18.9 Å². The number of nitrogens with one attached hydrogen (secondary N) is 1. The quantitative estimate of drug-likeness (QED) is 0.658. The molecular formula is C12H14N6O4. The number of carbonyl (C=O) groups excluding carboxylic acids is 2. The number of carboxylic acid groups (broad SMARTS) is 1. The number of rotatable bonds is 6. The highest BCUT2D eigenvalue weighted by Crippen LogP contribution is 2.13. The number of aryl methyl sites for hydroxylation is 1. The summed E-state index contributed by atoms with van der Waals surface area (Å²) in [6.07, 6.45) is 2.75. The van der Waals surface area contributed by atoms with Crippen LogP contribution in [0.4, 0.5) is 5.69 Å². The fourth-order valence-electron chi connectivity index (χ4n) is 1.82. The zero-order valence-electron chi connectivity index (χ0n) is 11.7. The van der Waals surface area contributed by atoms with Gasteiger partial charge in [-0.2, -0.15) is 10.2 Å². The lowest BCUT2D eigenvalue weighted by atomic mass is 10.3. The third-order valence-electron chi connectivity index (χ3n) is 2.82. The number of amides is 2. The minimum absolute atomic E-state index is 0.0610. The van der Waals surface area contributed by atoms with Gasteiger partial charge in [0.15, 0.2) is 5.69 Å². The van der Waals surface area contributed by atoms with Gasteiger partial charge in [0.1, 0.15) is 12.2 Å². The standard InChI is InChI=1S/C12H14N6O4/c1-2-17-5-7(10(16-17)11(13)20)15-9(19)6-18-8(12(21)22)3-4-14-18/h3-5H,2,6H2,1H3,(H2,13,20)(H,15,19)(H,21,22). The highest BCUT2D eigenvalue weighted by Gasteiger charge is 2.18. The third kappa shape index (κ3) is 3.11. The van der Waals surface area contributed by atoms with E-state index in [9.17, 15) is 14.4 Å². The SMILES string of the molecule is CCn1cc(NC(=O)Cn2nccc2C(=O)O)c(C(N)=O)n1. The van der Waals surface area contributed by atoms with Crippen LogP contribution < -0.4 is 11.1 Å². The van der Waals surface area contributed by atoms with Gasteiger partial charge in [0.25, 0.3) is 5.91 Å². The third-order valence-corrected chi connectivity index (χ3v) is 2.82. The smallest absolute Gasteiger partial charge is 0.354 e. The van der Waals surface area contributed by atoms with E-state index in [1.54, 1.807) is 0 Å². The van der Waals surface area contributed by atoms with Crippen LogP contribution in [-0.2, 0) is 17.9 Å². The maximum absolute atomic E-state index is 12.0. The number of aromatic nitrogens is 4. The van der Waals surface area contributed by atoms with Crippen molar-refractivity contribution in [1.82, 2.24) is 19.6 Å². The first kappa shape index (κ1) is 15.2. The molecule has 0 aliphatic rings. The molecule has 2 rings (SSSR count). The molecule has 2 heterocycles. The number of nitrogens with zero attached hydrogens (tertiary/aromatic N) is 4. The molecule has 2 amide bonds. The zero-order chi connectivity index (χ0) is 16.3. The molecule has 2 aromatic rings. The Morgan fingerprint density at radius 1 is 1.41 bits per heavy atom. The molecule has 22 heavy (non-hydrogen) atoms. The van der Waals surface area contributed by atoms with Gasteiger partial charge in [-0.05, 0) is 13.0 Å². The number of anilines is 1. The molecular weight excluding hydrogens is 292 g/mol. The van der Waals surface area contributed by atoms with Gasteiger partial charge in [-0.3, -0.25) is 14.3 Å². The maximum Gasteiger partial charge on any atom is 0.354 e. The van der Waals surface area contributed by atoms with Crippen LogP contribution in [0, 0.1) is 0 Å². The predicted molar refractivity (Wildman–Crippen MR) is 74.2 cm³/mol. The first-order chi connectivity index (χ1) is 10.4. The minimum Gasteiger partial charge on any atom is -0.477 e. The molecule has 0 atom stereocenters. The summed E-state index contributed by atoms with van der Waals surface area (Å²) in [5.41, 5.74) is 5.19. The summed E-state index contributed by atoms with van der Waals surface area (Å²) in [5, 5.41) is 19.1. The monoisotopic (exact) mass is 306 g/mol. The number of primary amides is 1. The molecule has 0 aliphatic heterocycles. The minimum atomic E-state index is -1.19. The highest BCUT2D eigenvalue weighted by atomic mass is 16.4. The van der Waals surface area contributed by atoms with Gasteiger partial charge in [0.2, 0.25) is 5.91 Å². The van der Waals surface area contributed by atoms with Gasteiger partial charge in [-0.15, -0.1) is 0 Å². The molecule has 0 saturated carbocycles. The Kier molecular flexibility index (Phi) is 4.20. The second kappa shape index (κ2) is 6.08. The zero-order valence-corrected chi connectivity index (χ0v) is 11.7. The number of hydrogen-bond acceptors (Lipinski definition) is 5. The largest absolute Gasteiger partial charge is 0.477 e. The van der Waals surface area contributed by atoms with Gasteiger partial charge in [-0.1, -0.05) is 0 Å². The Hall–Kier alpha value is -3.17. The van der Waals surface area contributed by atoms with Crippen LogP contribution in [0.25, 0.3) is 0 Å². The molecule has 116 valence electrons. The summed E-state index contributed by atoms with van der Waals surface area (Å²) in [4.78, 5) is 34.2. The van der Waals surface area contributed by atoms with Gasteiger partial charge in [0.05, 0.1) is 5.69 Å².